The van der Waals surface area contributed by atoms with Crippen molar-refractivity contribution in [1.29, 1.82) is 0 Å². The average molecular weight is 209 g/mol. The van der Waals surface area contributed by atoms with Crippen molar-refractivity contribution in [3.8, 4) is 5.88 Å². The Hall–Kier alpha value is -1.36. The third-order valence-corrected chi connectivity index (χ3v) is 2.47. The van der Waals surface area contributed by atoms with E-state index in [2.05, 4.69) is 15.3 Å². The second-order valence-corrected chi connectivity index (χ2v) is 3.84. The van der Waals surface area contributed by atoms with Crippen LogP contribution in [0.4, 0.5) is 0 Å². The quantitative estimate of drug-likeness (QED) is 0.739. The Morgan fingerprint density at radius 2 is 2.53 bits per heavy atom. The fourth-order valence-corrected chi connectivity index (χ4v) is 1.69. The third-order valence-electron chi connectivity index (χ3n) is 2.47. The van der Waals surface area contributed by atoms with E-state index in [9.17, 15) is 4.79 Å². The van der Waals surface area contributed by atoms with Gasteiger partial charge in [0.25, 0.3) is 5.56 Å². The van der Waals surface area contributed by atoms with Crippen molar-refractivity contribution in [2.45, 2.75) is 13.3 Å². The molecular formula is C10H15N3O2. The van der Waals surface area contributed by atoms with Crippen LogP contribution in [-0.4, -0.2) is 29.7 Å². The van der Waals surface area contributed by atoms with Crippen molar-refractivity contribution in [2.75, 3.05) is 19.7 Å². The van der Waals surface area contributed by atoms with Gasteiger partial charge in [0.1, 0.15) is 5.82 Å². The van der Waals surface area contributed by atoms with E-state index < -0.39 is 0 Å². The molecule has 0 bridgehead atoms. The lowest BCUT2D eigenvalue weighted by molar-refractivity contribution is 0.250. The number of nitrogens with one attached hydrogen (secondary N) is 2. The number of nitrogens with zero attached hydrogens (tertiary/aromatic N) is 1. The fourth-order valence-electron chi connectivity index (χ4n) is 1.69. The lowest BCUT2D eigenvalue weighted by Crippen LogP contribution is -2.17. The molecule has 2 heterocycles. The van der Waals surface area contributed by atoms with Gasteiger partial charge in [-0.25, -0.2) is 4.98 Å². The number of aromatic nitrogens is 2. The number of aromatic amines is 1. The van der Waals surface area contributed by atoms with Crippen LogP contribution in [0.25, 0.3) is 0 Å². The van der Waals surface area contributed by atoms with Gasteiger partial charge in [0, 0.05) is 12.5 Å². The van der Waals surface area contributed by atoms with Crippen molar-refractivity contribution in [3.63, 3.8) is 0 Å². The Labute approximate surface area is 87.9 Å². The van der Waals surface area contributed by atoms with E-state index in [0.717, 1.165) is 19.5 Å². The minimum atomic E-state index is -0.165. The molecule has 0 amide bonds. The van der Waals surface area contributed by atoms with Gasteiger partial charge in [-0.1, -0.05) is 0 Å². The van der Waals surface area contributed by atoms with Crippen molar-refractivity contribution in [1.82, 2.24) is 15.3 Å². The lowest BCUT2D eigenvalue weighted by Gasteiger charge is -2.09. The van der Waals surface area contributed by atoms with Gasteiger partial charge < -0.3 is 15.0 Å². The molecule has 0 spiro atoms. The molecular weight excluding hydrogens is 194 g/mol. The van der Waals surface area contributed by atoms with Gasteiger partial charge in [-0.05, 0) is 19.9 Å². The molecule has 15 heavy (non-hydrogen) atoms. The van der Waals surface area contributed by atoms with Gasteiger partial charge in [0.2, 0.25) is 5.88 Å². The fraction of sp³-hybridized carbons (Fsp3) is 0.600. The van der Waals surface area contributed by atoms with Gasteiger partial charge in [0.05, 0.1) is 12.7 Å². The van der Waals surface area contributed by atoms with Gasteiger partial charge in [0.15, 0.2) is 0 Å². The van der Waals surface area contributed by atoms with E-state index in [4.69, 9.17) is 4.74 Å². The maximum atomic E-state index is 11.1. The Morgan fingerprint density at radius 1 is 1.67 bits per heavy atom. The smallest absolute Gasteiger partial charge is 0.254 e. The number of hydrogen-bond donors (Lipinski definition) is 2. The van der Waals surface area contributed by atoms with E-state index in [1.165, 1.54) is 6.07 Å². The first kappa shape index (κ1) is 10.2. The first-order valence-corrected chi connectivity index (χ1v) is 5.15. The van der Waals surface area contributed by atoms with Gasteiger partial charge >= 0.3 is 0 Å². The summed E-state index contributed by atoms with van der Waals surface area (Å²) in [5.41, 5.74) is -0.165. The summed E-state index contributed by atoms with van der Waals surface area (Å²) >= 11 is 0. The van der Waals surface area contributed by atoms with E-state index in [1.807, 2.05) is 0 Å². The topological polar surface area (TPSA) is 67.0 Å². The molecule has 2 N–H and O–H groups in total. The minimum absolute atomic E-state index is 0.165. The molecule has 0 radical (unpaired) electrons. The predicted octanol–water partition coefficient (Wildman–Crippen LogP) is 0.0666. The van der Waals surface area contributed by atoms with Crippen molar-refractivity contribution in [3.05, 3.63) is 22.2 Å². The van der Waals surface area contributed by atoms with Gasteiger partial charge in [-0.3, -0.25) is 4.79 Å². The normalized spacial score (nSPS) is 20.5. The molecule has 82 valence electrons. The van der Waals surface area contributed by atoms with Crippen LogP contribution in [-0.2, 0) is 0 Å². The summed E-state index contributed by atoms with van der Waals surface area (Å²) in [6.45, 7) is 4.41. The zero-order valence-corrected chi connectivity index (χ0v) is 8.75. The molecule has 5 heteroatoms. The number of rotatable bonds is 3. The summed E-state index contributed by atoms with van der Waals surface area (Å²) in [6, 6.07) is 1.38. The number of aryl methyl sites for hydroxylation is 1. The summed E-state index contributed by atoms with van der Waals surface area (Å²) < 4.78 is 5.48. The molecule has 1 aromatic heterocycles. The summed E-state index contributed by atoms with van der Waals surface area (Å²) in [4.78, 5) is 17.8. The van der Waals surface area contributed by atoms with Crippen LogP contribution >= 0.6 is 0 Å². The van der Waals surface area contributed by atoms with Crippen LogP contribution < -0.4 is 15.6 Å². The summed E-state index contributed by atoms with van der Waals surface area (Å²) in [6.07, 6.45) is 1.13. The predicted molar refractivity (Wildman–Crippen MR) is 56.1 cm³/mol. The molecule has 1 saturated heterocycles. The van der Waals surface area contributed by atoms with Crippen LogP contribution in [0.5, 0.6) is 5.88 Å². The summed E-state index contributed by atoms with van der Waals surface area (Å²) in [5, 5.41) is 3.26. The molecule has 2 rings (SSSR count). The third kappa shape index (κ3) is 2.79. The molecule has 1 aliphatic rings. The number of ether oxygens (including phenoxy) is 1. The Morgan fingerprint density at radius 3 is 3.20 bits per heavy atom. The Bertz CT molecular complexity index is 382. The van der Waals surface area contributed by atoms with Crippen LogP contribution in [0.15, 0.2) is 10.9 Å². The van der Waals surface area contributed by atoms with Crippen LogP contribution in [0, 0.1) is 12.8 Å². The molecule has 1 fully saturated rings. The summed E-state index contributed by atoms with van der Waals surface area (Å²) in [5.74, 6) is 1.54. The Balaban J connectivity index is 1.95. The monoisotopic (exact) mass is 209 g/mol. The highest BCUT2D eigenvalue weighted by Crippen LogP contribution is 2.10. The van der Waals surface area contributed by atoms with Crippen molar-refractivity contribution >= 4 is 0 Å². The lowest BCUT2D eigenvalue weighted by atomic mass is 10.1. The second-order valence-electron chi connectivity index (χ2n) is 3.84. The molecule has 0 aliphatic carbocycles. The molecule has 1 aromatic rings. The number of hydrogen-bond acceptors (Lipinski definition) is 4. The molecule has 1 aliphatic heterocycles. The van der Waals surface area contributed by atoms with E-state index in [1.54, 1.807) is 6.92 Å². The first-order chi connectivity index (χ1) is 7.24. The first-order valence-electron chi connectivity index (χ1n) is 5.15. The molecule has 0 saturated carbocycles. The van der Waals surface area contributed by atoms with E-state index in [0.29, 0.717) is 24.2 Å². The van der Waals surface area contributed by atoms with Crippen LogP contribution in [0.1, 0.15) is 12.2 Å². The van der Waals surface area contributed by atoms with Gasteiger partial charge in [-0.15, -0.1) is 0 Å². The number of H-pyrrole nitrogens is 1. The standard InChI is InChI=1S/C10H15N3O2/c1-7-12-9(14)4-10(13-7)15-6-8-2-3-11-5-8/h4,8,11H,2-3,5-6H2,1H3,(H,12,13,14). The minimum Gasteiger partial charge on any atom is -0.477 e. The zero-order chi connectivity index (χ0) is 10.7. The SMILES string of the molecule is Cc1nc(OCC2CCNC2)cc(=O)[nH]1. The Kier molecular flexibility index (Phi) is 3.01. The molecule has 1 unspecified atom stereocenters. The largest absolute Gasteiger partial charge is 0.477 e. The van der Waals surface area contributed by atoms with E-state index in [-0.39, 0.29) is 5.56 Å². The zero-order valence-electron chi connectivity index (χ0n) is 8.75. The molecule has 5 nitrogen and oxygen atoms in total. The van der Waals surface area contributed by atoms with Gasteiger partial charge in [-0.2, -0.15) is 0 Å². The van der Waals surface area contributed by atoms with Crippen LogP contribution in [0.3, 0.4) is 0 Å². The van der Waals surface area contributed by atoms with E-state index >= 15 is 0 Å². The highest BCUT2D eigenvalue weighted by atomic mass is 16.5. The molecule has 1 atom stereocenters. The van der Waals surface area contributed by atoms with Crippen molar-refractivity contribution in [2.24, 2.45) is 5.92 Å². The van der Waals surface area contributed by atoms with Crippen LogP contribution in [0.2, 0.25) is 0 Å². The average Bonchev–Trinajstić information content (AvgIpc) is 2.65. The molecule has 0 aromatic carbocycles. The maximum absolute atomic E-state index is 11.1. The maximum Gasteiger partial charge on any atom is 0.254 e. The second kappa shape index (κ2) is 4.44. The highest BCUT2D eigenvalue weighted by Gasteiger charge is 2.15. The summed E-state index contributed by atoms with van der Waals surface area (Å²) in [7, 11) is 0. The highest BCUT2D eigenvalue weighted by molar-refractivity contribution is 5.08. The van der Waals surface area contributed by atoms with Crippen molar-refractivity contribution < 1.29 is 4.74 Å².